The number of hydrogen-bond donors (Lipinski definition) is 1. The molecule has 0 aliphatic rings. The van der Waals surface area contributed by atoms with Crippen LogP contribution >= 0.6 is 34.3 Å². The van der Waals surface area contributed by atoms with Gasteiger partial charge in [-0.05, 0) is 42.1 Å². The van der Waals surface area contributed by atoms with Crippen molar-refractivity contribution in [1.29, 1.82) is 0 Å². The fraction of sp³-hybridized carbons (Fsp3) is 0.133. The molecule has 102 valence electrons. The van der Waals surface area contributed by atoms with Crippen molar-refractivity contribution < 1.29 is 0 Å². The monoisotopic (exact) mass is 320 g/mol. The highest BCUT2D eigenvalue weighted by atomic mass is 35.5. The van der Waals surface area contributed by atoms with E-state index in [1.165, 1.54) is 15.3 Å². The van der Waals surface area contributed by atoms with E-state index in [-0.39, 0.29) is 6.04 Å². The molecule has 0 aromatic carbocycles. The number of aryl methyl sites for hydroxylation is 1. The van der Waals surface area contributed by atoms with E-state index in [0.29, 0.717) is 0 Å². The molecule has 0 radical (unpaired) electrons. The molecule has 0 spiro atoms. The van der Waals surface area contributed by atoms with Gasteiger partial charge in [0.15, 0.2) is 0 Å². The second-order valence-electron chi connectivity index (χ2n) is 4.43. The first-order chi connectivity index (χ1) is 9.74. The third kappa shape index (κ3) is 2.87. The number of aromatic nitrogens is 1. The summed E-state index contributed by atoms with van der Waals surface area (Å²) in [6.45, 7) is 2.08. The SMILES string of the molecule is Cc1ccncc1NC(c1cccs1)c1ccc(Cl)s1. The summed E-state index contributed by atoms with van der Waals surface area (Å²) < 4.78 is 0.811. The van der Waals surface area contributed by atoms with Crippen LogP contribution < -0.4 is 5.32 Å². The minimum Gasteiger partial charge on any atom is -0.371 e. The lowest BCUT2D eigenvalue weighted by Gasteiger charge is -2.18. The second-order valence-corrected chi connectivity index (χ2v) is 7.15. The molecule has 1 N–H and O–H groups in total. The van der Waals surface area contributed by atoms with Gasteiger partial charge >= 0.3 is 0 Å². The minimum atomic E-state index is 0.121. The topological polar surface area (TPSA) is 24.9 Å². The average molecular weight is 321 g/mol. The van der Waals surface area contributed by atoms with Crippen molar-refractivity contribution in [2.24, 2.45) is 0 Å². The summed E-state index contributed by atoms with van der Waals surface area (Å²) in [4.78, 5) is 6.68. The summed E-state index contributed by atoms with van der Waals surface area (Å²) >= 11 is 9.43. The van der Waals surface area contributed by atoms with Crippen molar-refractivity contribution in [3.8, 4) is 0 Å². The van der Waals surface area contributed by atoms with Gasteiger partial charge in [0.2, 0.25) is 0 Å². The van der Waals surface area contributed by atoms with Gasteiger partial charge < -0.3 is 5.32 Å². The Balaban J connectivity index is 1.97. The molecule has 0 aliphatic heterocycles. The van der Waals surface area contributed by atoms with Crippen molar-refractivity contribution in [1.82, 2.24) is 4.98 Å². The maximum Gasteiger partial charge on any atom is 0.0954 e. The van der Waals surface area contributed by atoms with Crippen LogP contribution in [0.2, 0.25) is 4.34 Å². The van der Waals surface area contributed by atoms with Crippen LogP contribution in [0.4, 0.5) is 5.69 Å². The normalized spacial score (nSPS) is 12.3. The second kappa shape index (κ2) is 5.95. The van der Waals surface area contributed by atoms with Gasteiger partial charge in [0.25, 0.3) is 0 Å². The lowest BCUT2D eigenvalue weighted by molar-refractivity contribution is 0.984. The van der Waals surface area contributed by atoms with E-state index in [2.05, 4.69) is 40.8 Å². The number of hydrogen-bond acceptors (Lipinski definition) is 4. The Bertz CT molecular complexity index is 691. The van der Waals surface area contributed by atoms with Crippen LogP contribution in [0.5, 0.6) is 0 Å². The molecule has 3 rings (SSSR count). The highest BCUT2D eigenvalue weighted by Crippen LogP contribution is 2.35. The summed E-state index contributed by atoms with van der Waals surface area (Å²) in [7, 11) is 0. The Hall–Kier alpha value is -1.36. The predicted octanol–water partition coefficient (Wildman–Crippen LogP) is 5.37. The third-order valence-corrected chi connectivity index (χ3v) is 5.28. The van der Waals surface area contributed by atoms with Crippen molar-refractivity contribution >= 4 is 40.0 Å². The molecule has 3 aromatic heterocycles. The van der Waals surface area contributed by atoms with E-state index in [1.807, 2.05) is 24.5 Å². The van der Waals surface area contributed by atoms with Gasteiger partial charge in [-0.15, -0.1) is 22.7 Å². The van der Waals surface area contributed by atoms with Gasteiger partial charge in [-0.2, -0.15) is 0 Å². The fourth-order valence-electron chi connectivity index (χ4n) is 1.99. The van der Waals surface area contributed by atoms with Crippen LogP contribution in [0.15, 0.2) is 48.1 Å². The standard InChI is InChI=1S/C15H13ClN2S2/c1-10-6-7-17-9-11(10)18-15(12-3-2-8-19-12)13-4-5-14(16)20-13/h2-9,15,18H,1H3. The van der Waals surface area contributed by atoms with E-state index in [9.17, 15) is 0 Å². The van der Waals surface area contributed by atoms with Crippen molar-refractivity contribution in [2.75, 3.05) is 5.32 Å². The van der Waals surface area contributed by atoms with E-state index in [1.54, 1.807) is 22.7 Å². The van der Waals surface area contributed by atoms with Crippen LogP contribution in [-0.2, 0) is 0 Å². The Kier molecular flexibility index (Phi) is 4.05. The minimum absolute atomic E-state index is 0.121. The zero-order valence-corrected chi connectivity index (χ0v) is 13.2. The van der Waals surface area contributed by atoms with Crippen molar-refractivity contribution in [3.05, 3.63) is 67.8 Å². The summed E-state index contributed by atoms with van der Waals surface area (Å²) in [5.74, 6) is 0. The summed E-state index contributed by atoms with van der Waals surface area (Å²) in [6.07, 6.45) is 3.67. The van der Waals surface area contributed by atoms with E-state index >= 15 is 0 Å². The molecule has 1 atom stereocenters. The average Bonchev–Trinajstić information content (AvgIpc) is 3.09. The van der Waals surface area contributed by atoms with E-state index in [4.69, 9.17) is 11.6 Å². The molecule has 0 saturated carbocycles. The van der Waals surface area contributed by atoms with Gasteiger partial charge in [-0.3, -0.25) is 4.98 Å². The lowest BCUT2D eigenvalue weighted by atomic mass is 10.1. The molecular weight excluding hydrogens is 308 g/mol. The number of nitrogens with zero attached hydrogens (tertiary/aromatic N) is 1. The van der Waals surface area contributed by atoms with Crippen LogP contribution in [0, 0.1) is 6.92 Å². The first-order valence-electron chi connectivity index (χ1n) is 6.20. The number of pyridine rings is 1. The number of nitrogens with one attached hydrogen (secondary N) is 1. The highest BCUT2D eigenvalue weighted by molar-refractivity contribution is 7.16. The molecule has 0 amide bonds. The molecule has 0 fully saturated rings. The molecule has 5 heteroatoms. The maximum absolute atomic E-state index is 6.08. The molecule has 1 unspecified atom stereocenters. The molecule has 3 aromatic rings. The van der Waals surface area contributed by atoms with Crippen LogP contribution in [0.3, 0.4) is 0 Å². The smallest absolute Gasteiger partial charge is 0.0954 e. The Labute approximate surface area is 131 Å². The Morgan fingerprint density at radius 3 is 2.75 bits per heavy atom. The zero-order valence-electron chi connectivity index (χ0n) is 10.8. The summed E-state index contributed by atoms with van der Waals surface area (Å²) in [5, 5.41) is 5.67. The van der Waals surface area contributed by atoms with Crippen LogP contribution in [-0.4, -0.2) is 4.98 Å². The predicted molar refractivity (Wildman–Crippen MR) is 88.1 cm³/mol. The molecular formula is C15H13ClN2S2. The molecule has 0 bridgehead atoms. The summed E-state index contributed by atoms with van der Waals surface area (Å²) in [6, 6.07) is 10.4. The molecule has 2 nitrogen and oxygen atoms in total. The number of rotatable bonds is 4. The zero-order chi connectivity index (χ0) is 13.9. The van der Waals surface area contributed by atoms with E-state index in [0.717, 1.165) is 10.0 Å². The molecule has 3 heterocycles. The van der Waals surface area contributed by atoms with Crippen molar-refractivity contribution in [2.45, 2.75) is 13.0 Å². The fourth-order valence-corrected chi connectivity index (χ4v) is 3.99. The first kappa shape index (κ1) is 13.6. The van der Waals surface area contributed by atoms with Crippen molar-refractivity contribution in [3.63, 3.8) is 0 Å². The molecule has 20 heavy (non-hydrogen) atoms. The highest BCUT2D eigenvalue weighted by Gasteiger charge is 2.18. The Morgan fingerprint density at radius 2 is 2.10 bits per heavy atom. The van der Waals surface area contributed by atoms with Gasteiger partial charge in [0, 0.05) is 16.0 Å². The number of halogens is 1. The summed E-state index contributed by atoms with van der Waals surface area (Å²) in [5.41, 5.74) is 2.24. The lowest BCUT2D eigenvalue weighted by Crippen LogP contribution is -2.10. The van der Waals surface area contributed by atoms with Gasteiger partial charge in [-0.1, -0.05) is 17.7 Å². The van der Waals surface area contributed by atoms with Gasteiger partial charge in [0.1, 0.15) is 0 Å². The molecule has 0 saturated heterocycles. The first-order valence-corrected chi connectivity index (χ1v) is 8.27. The maximum atomic E-state index is 6.08. The van der Waals surface area contributed by atoms with Gasteiger partial charge in [0.05, 0.1) is 22.3 Å². The van der Waals surface area contributed by atoms with E-state index < -0.39 is 0 Å². The number of anilines is 1. The third-order valence-electron chi connectivity index (χ3n) is 3.05. The quantitative estimate of drug-likeness (QED) is 0.699. The van der Waals surface area contributed by atoms with Crippen LogP contribution in [0.25, 0.3) is 0 Å². The number of thiophene rings is 2. The Morgan fingerprint density at radius 1 is 1.20 bits per heavy atom. The molecule has 0 aliphatic carbocycles. The van der Waals surface area contributed by atoms with Gasteiger partial charge in [-0.25, -0.2) is 0 Å². The largest absolute Gasteiger partial charge is 0.371 e. The van der Waals surface area contributed by atoms with Crippen LogP contribution in [0.1, 0.15) is 21.4 Å².